The monoisotopic (exact) mass is 790 g/mol. The standard InChI is InChI=1S/C50H42N6S2/c1-51-43-27-15-17-29-45(43)57-49(51)33-35-31-47(55(37-19-7-5-8-20-37)41-25-13-11-23-39(35)41)53(3)54(4)48-32-36(34-50-52(2)44-28-16-18-30-46(44)58-50)40-24-12-14-26-42(40)56(48)38-21-9-6-10-22-38/h5-34H,1-4H3/q+2. The molecule has 0 amide bonds. The van der Waals surface area contributed by atoms with E-state index in [1.165, 1.54) is 41.6 Å². The van der Waals surface area contributed by atoms with Crippen LogP contribution in [0.4, 0.5) is 22.7 Å². The summed E-state index contributed by atoms with van der Waals surface area (Å²) in [6, 6.07) is 56.2. The summed E-state index contributed by atoms with van der Waals surface area (Å²) in [5.74, 6) is 2.05. The fourth-order valence-electron chi connectivity index (χ4n) is 8.11. The Hall–Kier alpha value is -6.74. The van der Waals surface area contributed by atoms with Crippen LogP contribution >= 0.6 is 22.7 Å². The van der Waals surface area contributed by atoms with Gasteiger partial charge in [-0.2, -0.15) is 9.13 Å². The van der Waals surface area contributed by atoms with Gasteiger partial charge in [-0.05, 0) is 71.8 Å². The molecule has 0 saturated heterocycles. The van der Waals surface area contributed by atoms with Crippen LogP contribution in [-0.2, 0) is 14.1 Å². The molecule has 4 heterocycles. The van der Waals surface area contributed by atoms with Gasteiger partial charge in [0.25, 0.3) is 10.0 Å². The highest BCUT2D eigenvalue weighted by molar-refractivity contribution is 7.19. The molecule has 0 spiro atoms. The molecule has 58 heavy (non-hydrogen) atoms. The Morgan fingerprint density at radius 1 is 0.448 bits per heavy atom. The lowest BCUT2D eigenvalue weighted by molar-refractivity contribution is -0.642. The molecule has 282 valence electrons. The molecule has 0 saturated carbocycles. The molecule has 6 nitrogen and oxygen atoms in total. The third-order valence-electron chi connectivity index (χ3n) is 11.2. The Labute approximate surface area is 347 Å². The van der Waals surface area contributed by atoms with Crippen molar-refractivity contribution in [2.45, 2.75) is 0 Å². The number of fused-ring (bicyclic) bond motifs is 4. The van der Waals surface area contributed by atoms with Crippen molar-refractivity contribution in [3.63, 3.8) is 0 Å². The van der Waals surface area contributed by atoms with Crippen molar-refractivity contribution in [1.82, 2.24) is 10.0 Å². The van der Waals surface area contributed by atoms with Crippen molar-refractivity contribution in [3.8, 4) is 0 Å². The molecule has 6 aromatic carbocycles. The predicted octanol–water partition coefficient (Wildman–Crippen LogP) is 11.3. The van der Waals surface area contributed by atoms with E-state index in [1.807, 2.05) is 22.7 Å². The maximum atomic E-state index is 2.38. The van der Waals surface area contributed by atoms with E-state index in [0.717, 1.165) is 45.5 Å². The van der Waals surface area contributed by atoms with Crippen molar-refractivity contribution in [1.29, 1.82) is 0 Å². The Morgan fingerprint density at radius 2 is 0.810 bits per heavy atom. The topological polar surface area (TPSA) is 20.7 Å². The average Bonchev–Trinajstić information content (AvgIpc) is 3.77. The Morgan fingerprint density at radius 3 is 1.22 bits per heavy atom. The number of aromatic nitrogens is 2. The normalized spacial score (nSPS) is 15.1. The van der Waals surface area contributed by atoms with Gasteiger partial charge in [0.05, 0.1) is 11.4 Å². The van der Waals surface area contributed by atoms with Gasteiger partial charge in [0.2, 0.25) is 11.0 Å². The Balaban J connectivity index is 1.16. The first-order chi connectivity index (χ1) is 28.4. The van der Waals surface area contributed by atoms with Gasteiger partial charge in [-0.3, -0.25) is 19.8 Å². The number of benzene rings is 6. The first-order valence-corrected chi connectivity index (χ1v) is 21.1. The van der Waals surface area contributed by atoms with Gasteiger partial charge in [0.1, 0.15) is 35.1 Å². The van der Waals surface area contributed by atoms with Crippen LogP contribution in [0.3, 0.4) is 0 Å². The zero-order valence-electron chi connectivity index (χ0n) is 32.8. The third kappa shape index (κ3) is 6.09. The summed E-state index contributed by atoms with van der Waals surface area (Å²) in [5, 5.41) is 6.96. The fraction of sp³-hybridized carbons (Fsp3) is 0.0800. The van der Waals surface area contributed by atoms with Crippen LogP contribution in [0.25, 0.3) is 43.7 Å². The van der Waals surface area contributed by atoms with Crippen LogP contribution in [-0.4, -0.2) is 24.1 Å². The number of nitrogens with zero attached hydrogens (tertiary/aromatic N) is 6. The number of anilines is 4. The summed E-state index contributed by atoms with van der Waals surface area (Å²) in [6.07, 6.45) is 9.37. The maximum Gasteiger partial charge on any atom is 0.263 e. The number of aryl methyl sites for hydroxylation is 2. The largest absolute Gasteiger partial charge is 0.295 e. The minimum Gasteiger partial charge on any atom is -0.295 e. The first kappa shape index (κ1) is 35.7. The fourth-order valence-corrected chi connectivity index (χ4v) is 10.3. The van der Waals surface area contributed by atoms with Crippen LogP contribution in [0.5, 0.6) is 0 Å². The quantitative estimate of drug-likeness (QED) is 0.118. The highest BCUT2D eigenvalue weighted by atomic mass is 32.1. The molecule has 8 heteroatoms. The average molecular weight is 791 g/mol. The minimum atomic E-state index is 1.02. The molecule has 2 aromatic heterocycles. The third-order valence-corrected chi connectivity index (χ3v) is 13.5. The maximum absolute atomic E-state index is 2.38. The van der Waals surface area contributed by atoms with Crippen LogP contribution < -0.4 is 18.9 Å². The molecule has 0 unspecified atom stereocenters. The van der Waals surface area contributed by atoms with Crippen molar-refractivity contribution in [3.05, 3.63) is 203 Å². The molecule has 2 aliphatic heterocycles. The molecule has 0 atom stereocenters. The summed E-state index contributed by atoms with van der Waals surface area (Å²) < 4.78 is 7.14. The number of allylic oxidation sites excluding steroid dienone is 4. The molecule has 0 N–H and O–H groups in total. The lowest BCUT2D eigenvalue weighted by Crippen LogP contribution is -2.45. The second-order valence-electron chi connectivity index (χ2n) is 14.6. The minimum absolute atomic E-state index is 1.02. The summed E-state index contributed by atoms with van der Waals surface area (Å²) >= 11 is 3.64. The zero-order chi connectivity index (χ0) is 39.3. The van der Waals surface area contributed by atoms with E-state index in [4.69, 9.17) is 0 Å². The SMILES string of the molecule is CN(C1=C/C(=C\c2sc3ccccc3[n+]2C)c2ccccc2N1c1ccccc1)N(C)C1=C/C(=C\c2sc3ccccc3[n+]2C)c2ccccc2N1c1ccccc1. The first-order valence-electron chi connectivity index (χ1n) is 19.4. The van der Waals surface area contributed by atoms with E-state index in [-0.39, 0.29) is 0 Å². The zero-order valence-corrected chi connectivity index (χ0v) is 34.5. The Kier molecular flexibility index (Phi) is 9.00. The second-order valence-corrected chi connectivity index (χ2v) is 16.7. The van der Waals surface area contributed by atoms with Gasteiger partial charge >= 0.3 is 0 Å². The molecular formula is C50H42N6S2+2. The van der Waals surface area contributed by atoms with Gasteiger partial charge in [-0.25, -0.2) is 0 Å². The molecule has 8 aromatic rings. The lowest BCUT2D eigenvalue weighted by atomic mass is 9.97. The number of thiazole rings is 2. The van der Waals surface area contributed by atoms with Crippen molar-refractivity contribution >= 4 is 89.2 Å². The van der Waals surface area contributed by atoms with E-state index in [2.05, 4.69) is 239 Å². The van der Waals surface area contributed by atoms with Gasteiger partial charge < -0.3 is 0 Å². The summed E-state index contributed by atoms with van der Waals surface area (Å²) in [5.41, 5.74) is 11.6. The molecule has 0 aliphatic carbocycles. The number of rotatable bonds is 7. The lowest BCUT2D eigenvalue weighted by Gasteiger charge is -2.46. The van der Waals surface area contributed by atoms with Crippen molar-refractivity contribution < 1.29 is 9.13 Å². The molecular weight excluding hydrogens is 749 g/mol. The van der Waals surface area contributed by atoms with Crippen LogP contribution in [0, 0.1) is 0 Å². The molecule has 0 radical (unpaired) electrons. The molecule has 2 aliphatic rings. The van der Waals surface area contributed by atoms with Crippen molar-refractivity contribution in [2.24, 2.45) is 14.1 Å². The summed E-state index contributed by atoms with van der Waals surface area (Å²) in [6.45, 7) is 0. The predicted molar refractivity (Wildman–Crippen MR) is 243 cm³/mol. The smallest absolute Gasteiger partial charge is 0.263 e. The van der Waals surface area contributed by atoms with Gasteiger partial charge in [-0.15, -0.1) is 0 Å². The van der Waals surface area contributed by atoms with E-state index in [1.54, 1.807) is 0 Å². The van der Waals surface area contributed by atoms with Crippen LogP contribution in [0.15, 0.2) is 182 Å². The number of hydrogen-bond acceptors (Lipinski definition) is 6. The second kappa shape index (κ2) is 14.6. The molecule has 0 bridgehead atoms. The Bertz CT molecular complexity index is 2770. The van der Waals surface area contributed by atoms with E-state index in [0.29, 0.717) is 0 Å². The molecule has 10 rings (SSSR count). The van der Waals surface area contributed by atoms with Crippen LogP contribution in [0.1, 0.15) is 21.1 Å². The number of hydrogen-bond donors (Lipinski definition) is 0. The molecule has 0 fully saturated rings. The van der Waals surface area contributed by atoms with E-state index in [9.17, 15) is 0 Å². The highest BCUT2D eigenvalue weighted by Gasteiger charge is 2.33. The highest BCUT2D eigenvalue weighted by Crippen LogP contribution is 2.46. The van der Waals surface area contributed by atoms with Crippen molar-refractivity contribution in [2.75, 3.05) is 23.9 Å². The van der Waals surface area contributed by atoms with E-state index >= 15 is 0 Å². The van der Waals surface area contributed by atoms with E-state index < -0.39 is 0 Å². The number of para-hydroxylation sites is 6. The van der Waals surface area contributed by atoms with Crippen LogP contribution in [0.2, 0.25) is 0 Å². The van der Waals surface area contributed by atoms with Gasteiger partial charge in [0, 0.05) is 60.9 Å². The summed E-state index contributed by atoms with van der Waals surface area (Å²) in [4.78, 5) is 4.76. The van der Waals surface area contributed by atoms with Gasteiger partial charge in [0.15, 0.2) is 0 Å². The van der Waals surface area contributed by atoms with Gasteiger partial charge in [-0.1, -0.05) is 120 Å². The number of hydrazine groups is 1. The summed E-state index contributed by atoms with van der Waals surface area (Å²) in [7, 11) is 8.67.